The van der Waals surface area contributed by atoms with E-state index in [4.69, 9.17) is 4.74 Å². The van der Waals surface area contributed by atoms with Gasteiger partial charge in [0.1, 0.15) is 5.75 Å². The number of rotatable bonds is 6. The first-order valence-electron chi connectivity index (χ1n) is 10.5. The lowest BCUT2D eigenvalue weighted by Crippen LogP contribution is -2.04. The van der Waals surface area contributed by atoms with Gasteiger partial charge in [-0.3, -0.25) is 4.79 Å². The van der Waals surface area contributed by atoms with Crippen LogP contribution in [0.15, 0.2) is 66.9 Å². The van der Waals surface area contributed by atoms with Crippen LogP contribution in [0.5, 0.6) is 11.6 Å². The minimum Gasteiger partial charge on any atom is -0.439 e. The van der Waals surface area contributed by atoms with E-state index in [1.165, 1.54) is 0 Å². The third-order valence-electron chi connectivity index (χ3n) is 5.98. The van der Waals surface area contributed by atoms with E-state index in [0.717, 1.165) is 35.9 Å². The second-order valence-electron chi connectivity index (χ2n) is 8.01. The van der Waals surface area contributed by atoms with Gasteiger partial charge in [-0.2, -0.15) is 0 Å². The number of pyridine rings is 1. The quantitative estimate of drug-likeness (QED) is 0.441. The number of ketones is 1. The van der Waals surface area contributed by atoms with Gasteiger partial charge in [0, 0.05) is 23.9 Å². The number of carbonyl (C=O) groups is 1. The molecule has 0 aliphatic heterocycles. The smallest absolute Gasteiger partial charge is 0.228 e. The standard InChI is InChI=1S/C25H23N3O3/c29-15-16-7-8-18(14-16)20-4-3-13-26-25(20)31-19-11-9-17(10-12-19)23(30)24-27-21-5-1-2-6-22(21)28-24/h1-6,9-13,16,18,29H,7-8,14-15H2,(H,27,28). The zero-order chi connectivity index (χ0) is 21.2. The number of aliphatic hydroxyl groups is 1. The van der Waals surface area contributed by atoms with Crippen LogP contribution in [0, 0.1) is 5.92 Å². The molecule has 156 valence electrons. The van der Waals surface area contributed by atoms with Gasteiger partial charge in [-0.15, -0.1) is 0 Å². The molecule has 31 heavy (non-hydrogen) atoms. The largest absolute Gasteiger partial charge is 0.439 e. The van der Waals surface area contributed by atoms with Crippen molar-refractivity contribution in [2.75, 3.05) is 6.61 Å². The highest BCUT2D eigenvalue weighted by Crippen LogP contribution is 2.41. The number of nitrogens with zero attached hydrogens (tertiary/aromatic N) is 2. The van der Waals surface area contributed by atoms with E-state index in [9.17, 15) is 9.90 Å². The fourth-order valence-electron chi connectivity index (χ4n) is 4.31. The van der Waals surface area contributed by atoms with Crippen molar-refractivity contribution in [1.82, 2.24) is 15.0 Å². The molecule has 0 radical (unpaired) electrons. The number of nitrogens with one attached hydrogen (secondary N) is 1. The summed E-state index contributed by atoms with van der Waals surface area (Å²) in [5, 5.41) is 9.45. The maximum atomic E-state index is 12.8. The number of hydrogen-bond acceptors (Lipinski definition) is 5. The summed E-state index contributed by atoms with van der Waals surface area (Å²) >= 11 is 0. The Labute approximate surface area is 179 Å². The highest BCUT2D eigenvalue weighted by Gasteiger charge is 2.28. The minimum atomic E-state index is -0.165. The Balaban J connectivity index is 1.34. The third kappa shape index (κ3) is 3.94. The summed E-state index contributed by atoms with van der Waals surface area (Å²) in [6.45, 7) is 0.230. The lowest BCUT2D eigenvalue weighted by molar-refractivity contribution is 0.103. The maximum Gasteiger partial charge on any atom is 0.228 e. The van der Waals surface area contributed by atoms with Crippen LogP contribution in [0.25, 0.3) is 11.0 Å². The summed E-state index contributed by atoms with van der Waals surface area (Å²) in [7, 11) is 0. The lowest BCUT2D eigenvalue weighted by Gasteiger charge is -2.15. The average Bonchev–Trinajstić information content (AvgIpc) is 3.46. The Bertz CT molecular complexity index is 1180. The van der Waals surface area contributed by atoms with Crippen molar-refractivity contribution in [3.63, 3.8) is 0 Å². The van der Waals surface area contributed by atoms with E-state index in [-0.39, 0.29) is 12.4 Å². The summed E-state index contributed by atoms with van der Waals surface area (Å²) in [5.41, 5.74) is 3.21. The Morgan fingerprint density at radius 3 is 2.68 bits per heavy atom. The summed E-state index contributed by atoms with van der Waals surface area (Å²) in [4.78, 5) is 24.7. The zero-order valence-electron chi connectivity index (χ0n) is 17.0. The second-order valence-corrected chi connectivity index (χ2v) is 8.01. The van der Waals surface area contributed by atoms with Crippen LogP contribution in [0.1, 0.15) is 46.9 Å². The molecule has 2 atom stereocenters. The minimum absolute atomic E-state index is 0.165. The molecule has 2 aromatic heterocycles. The van der Waals surface area contributed by atoms with E-state index in [2.05, 4.69) is 15.0 Å². The topological polar surface area (TPSA) is 88.1 Å². The molecule has 5 rings (SSSR count). The van der Waals surface area contributed by atoms with Gasteiger partial charge in [-0.05, 0) is 73.6 Å². The molecule has 1 saturated carbocycles. The third-order valence-corrected chi connectivity index (χ3v) is 5.98. The monoisotopic (exact) mass is 413 g/mol. The van der Waals surface area contributed by atoms with Crippen molar-refractivity contribution in [1.29, 1.82) is 0 Å². The SMILES string of the molecule is O=C(c1ccc(Oc2ncccc2C2CCC(CO)C2)cc1)c1nc2ccccc2[nH]1. The first kappa shape index (κ1) is 19.5. The fraction of sp³-hybridized carbons (Fsp3) is 0.240. The molecular weight excluding hydrogens is 390 g/mol. The van der Waals surface area contributed by atoms with E-state index in [0.29, 0.717) is 34.9 Å². The van der Waals surface area contributed by atoms with Crippen LogP contribution in [0.4, 0.5) is 0 Å². The van der Waals surface area contributed by atoms with Crippen LogP contribution in [-0.4, -0.2) is 32.4 Å². The predicted octanol–water partition coefficient (Wildman–Crippen LogP) is 4.86. The fourth-order valence-corrected chi connectivity index (χ4v) is 4.31. The molecule has 2 aromatic carbocycles. The molecule has 2 unspecified atom stereocenters. The number of aliphatic hydroxyl groups excluding tert-OH is 1. The lowest BCUT2D eigenvalue weighted by atomic mass is 9.97. The van der Waals surface area contributed by atoms with Crippen molar-refractivity contribution in [3.8, 4) is 11.6 Å². The van der Waals surface area contributed by atoms with Crippen molar-refractivity contribution in [2.24, 2.45) is 5.92 Å². The molecule has 2 N–H and O–H groups in total. The van der Waals surface area contributed by atoms with E-state index < -0.39 is 0 Å². The van der Waals surface area contributed by atoms with E-state index >= 15 is 0 Å². The van der Waals surface area contributed by atoms with Crippen molar-refractivity contribution in [3.05, 3.63) is 83.8 Å². The molecule has 4 aromatic rings. The number of benzene rings is 2. The number of H-pyrrole nitrogens is 1. The molecule has 6 nitrogen and oxygen atoms in total. The number of aromatic nitrogens is 3. The number of para-hydroxylation sites is 2. The molecule has 1 aliphatic carbocycles. The van der Waals surface area contributed by atoms with Crippen molar-refractivity contribution in [2.45, 2.75) is 25.2 Å². The molecule has 0 amide bonds. The summed E-state index contributed by atoms with van der Waals surface area (Å²) in [6, 6.07) is 18.6. The normalized spacial score (nSPS) is 18.4. The Kier molecular flexibility index (Phi) is 5.22. The highest BCUT2D eigenvalue weighted by molar-refractivity contribution is 6.08. The van der Waals surface area contributed by atoms with Crippen LogP contribution in [-0.2, 0) is 0 Å². The van der Waals surface area contributed by atoms with Crippen LogP contribution in [0.2, 0.25) is 0 Å². The first-order chi connectivity index (χ1) is 15.2. The molecule has 0 saturated heterocycles. The van der Waals surface area contributed by atoms with Gasteiger partial charge in [0.15, 0.2) is 5.82 Å². The summed E-state index contributed by atoms with van der Waals surface area (Å²) in [6.07, 6.45) is 4.71. The summed E-state index contributed by atoms with van der Waals surface area (Å²) < 4.78 is 6.07. The van der Waals surface area contributed by atoms with Crippen molar-refractivity contribution >= 4 is 16.8 Å². The number of imidazole rings is 1. The maximum absolute atomic E-state index is 12.8. The first-order valence-corrected chi connectivity index (χ1v) is 10.5. The van der Waals surface area contributed by atoms with E-state index in [1.807, 2.05) is 36.4 Å². The number of hydrogen-bond donors (Lipinski definition) is 2. The Hall–Kier alpha value is -3.51. The van der Waals surface area contributed by atoms with Gasteiger partial charge in [0.05, 0.1) is 11.0 Å². The Morgan fingerprint density at radius 2 is 1.90 bits per heavy atom. The number of carbonyl (C=O) groups excluding carboxylic acids is 1. The van der Waals surface area contributed by atoms with Crippen LogP contribution in [0.3, 0.4) is 0 Å². The van der Waals surface area contributed by atoms with Gasteiger partial charge in [-0.1, -0.05) is 18.2 Å². The molecule has 0 bridgehead atoms. The van der Waals surface area contributed by atoms with Crippen LogP contribution < -0.4 is 4.74 Å². The summed E-state index contributed by atoms with van der Waals surface area (Å²) in [5.74, 6) is 2.06. The second kappa shape index (κ2) is 8.32. The van der Waals surface area contributed by atoms with Gasteiger partial charge in [0.25, 0.3) is 0 Å². The number of ether oxygens (including phenoxy) is 1. The molecule has 0 spiro atoms. The molecule has 6 heteroatoms. The zero-order valence-corrected chi connectivity index (χ0v) is 17.0. The van der Waals surface area contributed by atoms with E-state index in [1.54, 1.807) is 30.5 Å². The van der Waals surface area contributed by atoms with Gasteiger partial charge >= 0.3 is 0 Å². The number of fused-ring (bicyclic) bond motifs is 1. The average molecular weight is 413 g/mol. The predicted molar refractivity (Wildman–Crippen MR) is 117 cm³/mol. The number of aromatic amines is 1. The highest BCUT2D eigenvalue weighted by atomic mass is 16.5. The van der Waals surface area contributed by atoms with Gasteiger partial charge in [0.2, 0.25) is 11.7 Å². The van der Waals surface area contributed by atoms with Crippen molar-refractivity contribution < 1.29 is 14.6 Å². The van der Waals surface area contributed by atoms with Gasteiger partial charge < -0.3 is 14.8 Å². The van der Waals surface area contributed by atoms with Gasteiger partial charge in [-0.25, -0.2) is 9.97 Å². The Morgan fingerprint density at radius 1 is 1.06 bits per heavy atom. The van der Waals surface area contributed by atoms with Crippen LogP contribution >= 0.6 is 0 Å². The molecule has 1 fully saturated rings. The molecule has 2 heterocycles. The molecule has 1 aliphatic rings. The molecular formula is C25H23N3O3.